The van der Waals surface area contributed by atoms with E-state index >= 15 is 0 Å². The van der Waals surface area contributed by atoms with Gasteiger partial charge >= 0.3 is 0 Å². The minimum absolute atomic E-state index is 0.584. The van der Waals surface area contributed by atoms with Gasteiger partial charge in [-0.15, -0.1) is 11.3 Å². The summed E-state index contributed by atoms with van der Waals surface area (Å²) >= 11 is 1.88. The molecular formula is C13H21NS. The van der Waals surface area contributed by atoms with Gasteiger partial charge < -0.3 is 5.32 Å². The summed E-state index contributed by atoms with van der Waals surface area (Å²) in [6.07, 6.45) is 5.33. The molecule has 3 unspecified atom stereocenters. The summed E-state index contributed by atoms with van der Waals surface area (Å²) in [4.78, 5) is 1.50. The highest BCUT2D eigenvalue weighted by Gasteiger charge is 2.23. The smallest absolute Gasteiger partial charge is 0.0414 e. The van der Waals surface area contributed by atoms with E-state index in [0.29, 0.717) is 6.04 Å². The Labute approximate surface area is 96.9 Å². The zero-order chi connectivity index (χ0) is 10.7. The van der Waals surface area contributed by atoms with E-state index in [0.717, 1.165) is 12.0 Å². The molecule has 0 amide bonds. The Kier molecular flexibility index (Phi) is 3.81. The molecule has 1 aromatic rings. The van der Waals surface area contributed by atoms with Crippen LogP contribution >= 0.6 is 11.3 Å². The fraction of sp³-hybridized carbons (Fsp3) is 0.692. The molecule has 1 nitrogen and oxygen atoms in total. The molecule has 2 rings (SSSR count). The molecule has 1 aromatic heterocycles. The lowest BCUT2D eigenvalue weighted by molar-refractivity contribution is 0.425. The van der Waals surface area contributed by atoms with Crippen molar-refractivity contribution in [1.82, 2.24) is 5.32 Å². The number of hydrogen-bond donors (Lipinski definition) is 1. The highest BCUT2D eigenvalue weighted by atomic mass is 32.1. The lowest BCUT2D eigenvalue weighted by Crippen LogP contribution is -2.30. The van der Waals surface area contributed by atoms with Gasteiger partial charge in [0.2, 0.25) is 0 Å². The molecule has 84 valence electrons. The van der Waals surface area contributed by atoms with E-state index in [-0.39, 0.29) is 0 Å². The Morgan fingerprint density at radius 3 is 2.93 bits per heavy atom. The average molecular weight is 223 g/mol. The molecule has 3 atom stereocenters. The van der Waals surface area contributed by atoms with Gasteiger partial charge in [-0.3, -0.25) is 0 Å². The molecule has 0 aromatic carbocycles. The summed E-state index contributed by atoms with van der Waals surface area (Å²) in [6.45, 7) is 4.64. The van der Waals surface area contributed by atoms with Crippen LogP contribution in [0.4, 0.5) is 0 Å². The fourth-order valence-corrected chi connectivity index (χ4v) is 3.40. The highest BCUT2D eigenvalue weighted by molar-refractivity contribution is 7.10. The summed E-state index contributed by atoms with van der Waals surface area (Å²) in [5, 5.41) is 5.99. The molecule has 15 heavy (non-hydrogen) atoms. The number of nitrogens with one attached hydrogen (secondary N) is 1. The summed E-state index contributed by atoms with van der Waals surface area (Å²) < 4.78 is 0. The van der Waals surface area contributed by atoms with Crippen LogP contribution in [0.1, 0.15) is 50.4 Å². The van der Waals surface area contributed by atoms with E-state index in [2.05, 4.69) is 36.7 Å². The minimum Gasteiger partial charge on any atom is -0.306 e. The first kappa shape index (κ1) is 11.2. The summed E-state index contributed by atoms with van der Waals surface area (Å²) in [5.74, 6) is 0.920. The predicted octanol–water partition coefficient (Wildman–Crippen LogP) is 3.98. The molecule has 0 aliphatic heterocycles. The molecule has 1 aliphatic rings. The van der Waals surface area contributed by atoms with Gasteiger partial charge in [0.1, 0.15) is 0 Å². The van der Waals surface area contributed by atoms with Gasteiger partial charge in [-0.1, -0.05) is 19.9 Å². The Balaban J connectivity index is 1.91. The van der Waals surface area contributed by atoms with E-state index < -0.39 is 0 Å². The summed E-state index contributed by atoms with van der Waals surface area (Å²) in [6, 6.07) is 5.75. The van der Waals surface area contributed by atoms with Gasteiger partial charge in [0.25, 0.3) is 0 Å². The van der Waals surface area contributed by atoms with Crippen molar-refractivity contribution in [1.29, 1.82) is 0 Å². The van der Waals surface area contributed by atoms with Crippen LogP contribution < -0.4 is 5.32 Å². The highest BCUT2D eigenvalue weighted by Crippen LogP contribution is 2.29. The zero-order valence-electron chi connectivity index (χ0n) is 9.70. The van der Waals surface area contributed by atoms with Crippen molar-refractivity contribution in [2.75, 3.05) is 0 Å². The quantitative estimate of drug-likeness (QED) is 0.814. The first-order valence-electron chi connectivity index (χ1n) is 6.09. The van der Waals surface area contributed by atoms with Crippen LogP contribution in [0.2, 0.25) is 0 Å². The van der Waals surface area contributed by atoms with Crippen LogP contribution in [0.3, 0.4) is 0 Å². The third kappa shape index (κ3) is 2.82. The van der Waals surface area contributed by atoms with Crippen LogP contribution in [0.25, 0.3) is 0 Å². The monoisotopic (exact) mass is 223 g/mol. The Morgan fingerprint density at radius 2 is 2.40 bits per heavy atom. The minimum atomic E-state index is 0.584. The van der Waals surface area contributed by atoms with Crippen LogP contribution in [0.5, 0.6) is 0 Å². The molecule has 1 aliphatic carbocycles. The van der Waals surface area contributed by atoms with E-state index in [4.69, 9.17) is 0 Å². The van der Waals surface area contributed by atoms with Gasteiger partial charge in [-0.05, 0) is 43.0 Å². The lowest BCUT2D eigenvalue weighted by Gasteiger charge is -2.20. The fourth-order valence-electron chi connectivity index (χ4n) is 2.53. The third-order valence-corrected chi connectivity index (χ3v) is 4.41. The van der Waals surface area contributed by atoms with E-state index in [1.165, 1.54) is 30.6 Å². The summed E-state index contributed by atoms with van der Waals surface area (Å²) in [7, 11) is 0. The maximum absolute atomic E-state index is 3.81. The molecule has 0 spiro atoms. The second-order valence-electron chi connectivity index (χ2n) is 4.76. The van der Waals surface area contributed by atoms with Gasteiger partial charge in [-0.2, -0.15) is 0 Å². The molecule has 1 heterocycles. The van der Waals surface area contributed by atoms with Gasteiger partial charge in [0, 0.05) is 17.0 Å². The molecule has 1 N–H and O–H groups in total. The maximum Gasteiger partial charge on any atom is 0.0414 e. The molecule has 0 saturated heterocycles. The molecule has 1 fully saturated rings. The maximum atomic E-state index is 3.81. The average Bonchev–Trinajstić information content (AvgIpc) is 2.85. The Morgan fingerprint density at radius 1 is 1.53 bits per heavy atom. The molecule has 0 radical (unpaired) electrons. The topological polar surface area (TPSA) is 12.0 Å². The largest absolute Gasteiger partial charge is 0.306 e. The van der Waals surface area contributed by atoms with Gasteiger partial charge in [-0.25, -0.2) is 0 Å². The van der Waals surface area contributed by atoms with Crippen molar-refractivity contribution in [2.45, 2.75) is 51.6 Å². The van der Waals surface area contributed by atoms with Crippen molar-refractivity contribution in [2.24, 2.45) is 5.92 Å². The second kappa shape index (κ2) is 5.13. The van der Waals surface area contributed by atoms with Crippen molar-refractivity contribution < 1.29 is 0 Å². The SMILES string of the molecule is CCC(NC1CCC(C)C1)c1cccs1. The van der Waals surface area contributed by atoms with Crippen molar-refractivity contribution >= 4 is 11.3 Å². The predicted molar refractivity (Wildman–Crippen MR) is 67.3 cm³/mol. The van der Waals surface area contributed by atoms with E-state index in [9.17, 15) is 0 Å². The summed E-state index contributed by atoms with van der Waals surface area (Å²) in [5.41, 5.74) is 0. The van der Waals surface area contributed by atoms with Crippen LogP contribution in [-0.2, 0) is 0 Å². The zero-order valence-corrected chi connectivity index (χ0v) is 10.5. The van der Waals surface area contributed by atoms with Crippen molar-refractivity contribution in [3.8, 4) is 0 Å². The van der Waals surface area contributed by atoms with E-state index in [1.807, 2.05) is 11.3 Å². The third-order valence-electron chi connectivity index (χ3n) is 3.43. The normalized spacial score (nSPS) is 28.1. The van der Waals surface area contributed by atoms with Crippen LogP contribution in [0, 0.1) is 5.92 Å². The number of rotatable bonds is 4. The molecule has 1 saturated carbocycles. The first-order valence-corrected chi connectivity index (χ1v) is 6.97. The van der Waals surface area contributed by atoms with Crippen LogP contribution in [0.15, 0.2) is 17.5 Å². The second-order valence-corrected chi connectivity index (χ2v) is 5.74. The van der Waals surface area contributed by atoms with Gasteiger partial charge in [0.05, 0.1) is 0 Å². The molecule has 0 bridgehead atoms. The lowest BCUT2D eigenvalue weighted by atomic mass is 10.1. The molecule has 2 heteroatoms. The van der Waals surface area contributed by atoms with Crippen molar-refractivity contribution in [3.63, 3.8) is 0 Å². The number of thiophene rings is 1. The molecular weight excluding hydrogens is 202 g/mol. The number of hydrogen-bond acceptors (Lipinski definition) is 2. The van der Waals surface area contributed by atoms with E-state index in [1.54, 1.807) is 0 Å². The standard InChI is InChI=1S/C13H21NS/c1-3-12(13-5-4-8-15-13)14-11-7-6-10(2)9-11/h4-5,8,10-12,14H,3,6-7,9H2,1-2H3. The van der Waals surface area contributed by atoms with Crippen LogP contribution in [-0.4, -0.2) is 6.04 Å². The van der Waals surface area contributed by atoms with Crippen molar-refractivity contribution in [3.05, 3.63) is 22.4 Å². The first-order chi connectivity index (χ1) is 7.29. The van der Waals surface area contributed by atoms with Gasteiger partial charge in [0.15, 0.2) is 0 Å². The Bertz CT molecular complexity index is 281. The Hall–Kier alpha value is -0.340.